The predicted molar refractivity (Wildman–Crippen MR) is 60.4 cm³/mol. The minimum Gasteiger partial charge on any atom is -0.481 e. The van der Waals surface area contributed by atoms with Crippen LogP contribution in [0.15, 0.2) is 0 Å². The van der Waals surface area contributed by atoms with Gasteiger partial charge in [-0.1, -0.05) is 33.6 Å². The Balaban J connectivity index is -0.000000135. The molecule has 0 aromatic heterocycles. The minimum atomic E-state index is -0.833. The van der Waals surface area contributed by atoms with E-state index in [0.717, 1.165) is 12.8 Å². The molecular formula is C11H26O3. The lowest BCUT2D eigenvalue weighted by Crippen LogP contribution is -1.85. The summed E-state index contributed by atoms with van der Waals surface area (Å²) in [4.78, 5) is 9.00. The molecule has 0 amide bonds. The van der Waals surface area contributed by atoms with E-state index in [2.05, 4.69) is 20.8 Å². The monoisotopic (exact) mass is 206 g/mol. The molecule has 0 fully saturated rings. The number of rotatable bonds is 2. The smallest absolute Gasteiger partial charge is 0.300 e. The molecule has 0 aliphatic heterocycles. The molecule has 0 bridgehead atoms. The highest BCUT2D eigenvalue weighted by molar-refractivity contribution is 5.62. The first kappa shape index (κ1) is 19.1. The van der Waals surface area contributed by atoms with Gasteiger partial charge in [0.15, 0.2) is 0 Å². The largest absolute Gasteiger partial charge is 0.481 e. The Morgan fingerprint density at radius 1 is 1.21 bits per heavy atom. The SMILES string of the molecule is CC(=O)O.CC(C)O.CCCC(C)C. The lowest BCUT2D eigenvalue weighted by atomic mass is 10.1. The van der Waals surface area contributed by atoms with Crippen LogP contribution in [0.25, 0.3) is 0 Å². The van der Waals surface area contributed by atoms with Crippen molar-refractivity contribution in [2.75, 3.05) is 0 Å². The van der Waals surface area contributed by atoms with Gasteiger partial charge in [-0.25, -0.2) is 0 Å². The summed E-state index contributed by atoms with van der Waals surface area (Å²) in [6.07, 6.45) is 2.54. The first-order valence-corrected chi connectivity index (χ1v) is 5.11. The van der Waals surface area contributed by atoms with E-state index in [1.54, 1.807) is 13.8 Å². The summed E-state index contributed by atoms with van der Waals surface area (Å²) in [5, 5.41) is 15.5. The maximum atomic E-state index is 9.00. The number of hydrogen-bond donors (Lipinski definition) is 2. The first-order chi connectivity index (χ1) is 6.23. The van der Waals surface area contributed by atoms with Crippen molar-refractivity contribution in [2.24, 2.45) is 5.92 Å². The third-order valence-electron chi connectivity index (χ3n) is 0.866. The van der Waals surface area contributed by atoms with Gasteiger partial charge < -0.3 is 10.2 Å². The number of aliphatic hydroxyl groups excluding tert-OH is 1. The van der Waals surface area contributed by atoms with Gasteiger partial charge in [-0.05, 0) is 19.8 Å². The summed E-state index contributed by atoms with van der Waals surface area (Å²) in [7, 11) is 0. The molecule has 0 unspecified atom stereocenters. The third kappa shape index (κ3) is 211. The summed E-state index contributed by atoms with van der Waals surface area (Å²) in [5.41, 5.74) is 0. The van der Waals surface area contributed by atoms with Crippen LogP contribution in [0.4, 0.5) is 0 Å². The molecule has 0 aromatic rings. The Labute approximate surface area is 88.2 Å². The lowest BCUT2D eigenvalue weighted by molar-refractivity contribution is -0.134. The zero-order chi connectivity index (χ0) is 12.1. The van der Waals surface area contributed by atoms with Crippen LogP contribution in [0.5, 0.6) is 0 Å². The highest BCUT2D eigenvalue weighted by atomic mass is 16.4. The molecular weight excluding hydrogens is 180 g/mol. The molecule has 0 aromatic carbocycles. The van der Waals surface area contributed by atoms with Gasteiger partial charge in [0.05, 0.1) is 0 Å². The van der Waals surface area contributed by atoms with Crippen LogP contribution in [0, 0.1) is 5.92 Å². The Morgan fingerprint density at radius 2 is 1.43 bits per heavy atom. The van der Waals surface area contributed by atoms with Gasteiger partial charge in [0.25, 0.3) is 5.97 Å². The molecule has 3 nitrogen and oxygen atoms in total. The molecule has 0 spiro atoms. The first-order valence-electron chi connectivity index (χ1n) is 5.11. The van der Waals surface area contributed by atoms with Crippen LogP contribution < -0.4 is 0 Å². The van der Waals surface area contributed by atoms with Crippen molar-refractivity contribution in [3.63, 3.8) is 0 Å². The van der Waals surface area contributed by atoms with E-state index in [0.29, 0.717) is 0 Å². The molecule has 0 heterocycles. The molecule has 0 aliphatic rings. The highest BCUT2D eigenvalue weighted by Gasteiger charge is 1.85. The molecule has 88 valence electrons. The zero-order valence-electron chi connectivity index (χ0n) is 10.4. The average Bonchev–Trinajstić information content (AvgIpc) is 1.82. The summed E-state index contributed by atoms with van der Waals surface area (Å²) in [6, 6.07) is 0. The Bertz CT molecular complexity index is 102. The van der Waals surface area contributed by atoms with Crippen molar-refractivity contribution in [3.8, 4) is 0 Å². The summed E-state index contributed by atoms with van der Waals surface area (Å²) in [5.74, 6) is 0.0648. The Morgan fingerprint density at radius 3 is 1.43 bits per heavy atom. The molecule has 0 radical (unpaired) electrons. The Kier molecular flexibility index (Phi) is 20.3. The second-order valence-electron chi connectivity index (χ2n) is 3.80. The summed E-state index contributed by atoms with van der Waals surface area (Å²) >= 11 is 0. The van der Waals surface area contributed by atoms with E-state index in [-0.39, 0.29) is 6.10 Å². The molecule has 14 heavy (non-hydrogen) atoms. The number of aliphatic carboxylic acids is 1. The molecule has 0 rings (SSSR count). The fourth-order valence-electron chi connectivity index (χ4n) is 0.577. The van der Waals surface area contributed by atoms with Crippen molar-refractivity contribution in [1.82, 2.24) is 0 Å². The van der Waals surface area contributed by atoms with Crippen molar-refractivity contribution in [2.45, 2.75) is 60.5 Å². The summed E-state index contributed by atoms with van der Waals surface area (Å²) in [6.45, 7) is 11.3. The van der Waals surface area contributed by atoms with Crippen molar-refractivity contribution < 1.29 is 15.0 Å². The van der Waals surface area contributed by atoms with Crippen LogP contribution in [0.2, 0.25) is 0 Å². The zero-order valence-corrected chi connectivity index (χ0v) is 10.4. The van der Waals surface area contributed by atoms with Crippen molar-refractivity contribution >= 4 is 5.97 Å². The van der Waals surface area contributed by atoms with Gasteiger partial charge in [-0.3, -0.25) is 4.79 Å². The van der Waals surface area contributed by atoms with Crippen molar-refractivity contribution in [3.05, 3.63) is 0 Å². The van der Waals surface area contributed by atoms with E-state index in [1.807, 2.05) is 0 Å². The number of hydrogen-bond acceptors (Lipinski definition) is 2. The van der Waals surface area contributed by atoms with E-state index in [9.17, 15) is 0 Å². The van der Waals surface area contributed by atoms with E-state index < -0.39 is 5.97 Å². The number of carboxylic acids is 1. The number of aliphatic hydroxyl groups is 1. The second kappa shape index (κ2) is 14.9. The van der Waals surface area contributed by atoms with Crippen LogP contribution in [-0.2, 0) is 4.79 Å². The van der Waals surface area contributed by atoms with E-state index >= 15 is 0 Å². The molecule has 0 saturated heterocycles. The van der Waals surface area contributed by atoms with Gasteiger partial charge in [0.2, 0.25) is 0 Å². The van der Waals surface area contributed by atoms with Gasteiger partial charge in [0.1, 0.15) is 0 Å². The lowest BCUT2D eigenvalue weighted by Gasteiger charge is -1.95. The quantitative estimate of drug-likeness (QED) is 0.730. The number of carboxylic acid groups (broad SMARTS) is 1. The highest BCUT2D eigenvalue weighted by Crippen LogP contribution is 2.00. The third-order valence-corrected chi connectivity index (χ3v) is 0.866. The van der Waals surface area contributed by atoms with Gasteiger partial charge in [-0.15, -0.1) is 0 Å². The topological polar surface area (TPSA) is 57.5 Å². The van der Waals surface area contributed by atoms with Crippen LogP contribution in [0.3, 0.4) is 0 Å². The minimum absolute atomic E-state index is 0.167. The van der Waals surface area contributed by atoms with Gasteiger partial charge >= 0.3 is 0 Å². The maximum Gasteiger partial charge on any atom is 0.300 e. The van der Waals surface area contributed by atoms with Gasteiger partial charge in [-0.2, -0.15) is 0 Å². The number of carbonyl (C=O) groups is 1. The molecule has 2 N–H and O–H groups in total. The fraction of sp³-hybridized carbons (Fsp3) is 0.909. The molecule has 0 aliphatic carbocycles. The van der Waals surface area contributed by atoms with Gasteiger partial charge in [0, 0.05) is 13.0 Å². The van der Waals surface area contributed by atoms with Crippen LogP contribution >= 0.6 is 0 Å². The summed E-state index contributed by atoms with van der Waals surface area (Å²) < 4.78 is 0. The molecule has 0 atom stereocenters. The van der Waals surface area contributed by atoms with E-state index in [4.69, 9.17) is 15.0 Å². The second-order valence-corrected chi connectivity index (χ2v) is 3.80. The standard InChI is InChI=1S/C6H14.C3H8O.C2H4O2/c1-4-5-6(2)3;1-3(2)4;1-2(3)4/h6H,4-5H2,1-3H3;3-4H,1-2H3;1H3,(H,3,4). The maximum absolute atomic E-state index is 9.00. The van der Waals surface area contributed by atoms with Crippen LogP contribution in [0.1, 0.15) is 54.4 Å². The Hall–Kier alpha value is -0.570. The van der Waals surface area contributed by atoms with Crippen molar-refractivity contribution in [1.29, 1.82) is 0 Å². The molecule has 3 heteroatoms. The van der Waals surface area contributed by atoms with Crippen LogP contribution in [-0.4, -0.2) is 22.3 Å². The molecule has 0 saturated carbocycles. The fourth-order valence-corrected chi connectivity index (χ4v) is 0.577. The average molecular weight is 206 g/mol. The van der Waals surface area contributed by atoms with E-state index in [1.165, 1.54) is 12.8 Å². The normalized spacial score (nSPS) is 8.64. The predicted octanol–water partition coefficient (Wildman–Crippen LogP) is 2.92.